The fourth-order valence-electron chi connectivity index (χ4n) is 4.79. The molecule has 108 valence electrons. The zero-order chi connectivity index (χ0) is 13.2. The monoisotopic (exact) mass is 263 g/mol. The van der Waals surface area contributed by atoms with Crippen molar-refractivity contribution in [2.45, 2.75) is 52.1 Å². The SMILES string of the molecule is CC(C)=CCNCCOC1C2CC3CC(C2)CC1C3. The molecule has 0 aromatic carbocycles. The molecule has 4 aliphatic carbocycles. The lowest BCUT2D eigenvalue weighted by Gasteiger charge is -2.54. The van der Waals surface area contributed by atoms with Gasteiger partial charge < -0.3 is 10.1 Å². The van der Waals surface area contributed by atoms with E-state index in [9.17, 15) is 0 Å². The fourth-order valence-corrected chi connectivity index (χ4v) is 4.79. The fraction of sp³-hybridized carbons (Fsp3) is 0.882. The Morgan fingerprint density at radius 2 is 1.68 bits per heavy atom. The Hall–Kier alpha value is -0.340. The van der Waals surface area contributed by atoms with Gasteiger partial charge in [-0.05, 0) is 69.6 Å². The van der Waals surface area contributed by atoms with E-state index in [0.717, 1.165) is 43.4 Å². The molecular weight excluding hydrogens is 234 g/mol. The molecule has 0 atom stereocenters. The van der Waals surface area contributed by atoms with E-state index in [1.807, 2.05) is 0 Å². The first kappa shape index (κ1) is 13.6. The van der Waals surface area contributed by atoms with Crippen LogP contribution in [-0.4, -0.2) is 25.8 Å². The zero-order valence-corrected chi connectivity index (χ0v) is 12.5. The Kier molecular flexibility index (Phi) is 4.28. The summed E-state index contributed by atoms with van der Waals surface area (Å²) in [5.74, 6) is 3.90. The second-order valence-corrected chi connectivity index (χ2v) is 7.25. The predicted molar refractivity (Wildman–Crippen MR) is 79.1 cm³/mol. The predicted octanol–water partition coefficient (Wildman–Crippen LogP) is 3.38. The van der Waals surface area contributed by atoms with E-state index in [2.05, 4.69) is 25.2 Å². The van der Waals surface area contributed by atoms with E-state index >= 15 is 0 Å². The Bertz CT molecular complexity index is 304. The molecule has 4 saturated carbocycles. The molecule has 0 spiro atoms. The van der Waals surface area contributed by atoms with Crippen LogP contribution < -0.4 is 5.32 Å². The second kappa shape index (κ2) is 5.97. The standard InChI is InChI=1S/C17H29NO/c1-12(2)3-4-18-5-6-19-17-15-8-13-7-14(10-15)11-16(17)9-13/h3,13-18H,4-11H2,1-2H3. The van der Waals surface area contributed by atoms with Crippen molar-refractivity contribution in [3.8, 4) is 0 Å². The highest BCUT2D eigenvalue weighted by molar-refractivity contribution is 4.99. The number of hydrogen-bond acceptors (Lipinski definition) is 2. The summed E-state index contributed by atoms with van der Waals surface area (Å²) < 4.78 is 6.24. The molecule has 0 aliphatic heterocycles. The van der Waals surface area contributed by atoms with Gasteiger partial charge in [0.05, 0.1) is 12.7 Å². The van der Waals surface area contributed by atoms with Crippen LogP contribution in [0.15, 0.2) is 11.6 Å². The van der Waals surface area contributed by atoms with Crippen molar-refractivity contribution in [1.82, 2.24) is 5.32 Å². The second-order valence-electron chi connectivity index (χ2n) is 7.25. The zero-order valence-electron chi connectivity index (χ0n) is 12.5. The number of hydrogen-bond donors (Lipinski definition) is 1. The van der Waals surface area contributed by atoms with Crippen LogP contribution in [0.5, 0.6) is 0 Å². The summed E-state index contributed by atoms with van der Waals surface area (Å²) in [5.41, 5.74) is 1.38. The lowest BCUT2D eigenvalue weighted by Crippen LogP contribution is -2.49. The molecule has 0 heterocycles. The van der Waals surface area contributed by atoms with Gasteiger partial charge in [-0.1, -0.05) is 11.6 Å². The maximum atomic E-state index is 6.24. The third kappa shape index (κ3) is 3.22. The van der Waals surface area contributed by atoms with Crippen LogP contribution in [0.2, 0.25) is 0 Å². The van der Waals surface area contributed by atoms with Gasteiger partial charge in [-0.3, -0.25) is 0 Å². The lowest BCUT2D eigenvalue weighted by atomic mass is 9.55. The maximum absolute atomic E-state index is 6.24. The molecule has 0 amide bonds. The van der Waals surface area contributed by atoms with E-state index < -0.39 is 0 Å². The normalized spacial score (nSPS) is 39.6. The van der Waals surface area contributed by atoms with Gasteiger partial charge in [-0.25, -0.2) is 0 Å². The summed E-state index contributed by atoms with van der Waals surface area (Å²) >= 11 is 0. The van der Waals surface area contributed by atoms with Crippen LogP contribution in [-0.2, 0) is 4.74 Å². The van der Waals surface area contributed by atoms with Gasteiger partial charge >= 0.3 is 0 Å². The highest BCUT2D eigenvalue weighted by Gasteiger charge is 2.48. The van der Waals surface area contributed by atoms with Crippen molar-refractivity contribution in [1.29, 1.82) is 0 Å². The van der Waals surface area contributed by atoms with Crippen molar-refractivity contribution in [2.24, 2.45) is 23.7 Å². The van der Waals surface area contributed by atoms with Gasteiger partial charge in [0.1, 0.15) is 0 Å². The molecule has 0 aromatic rings. The van der Waals surface area contributed by atoms with Crippen LogP contribution in [0.1, 0.15) is 46.0 Å². The summed E-state index contributed by atoms with van der Waals surface area (Å²) in [6.45, 7) is 7.16. The Labute approximate surface area is 118 Å². The molecule has 2 heteroatoms. The smallest absolute Gasteiger partial charge is 0.0632 e. The van der Waals surface area contributed by atoms with Crippen LogP contribution in [0.4, 0.5) is 0 Å². The lowest BCUT2D eigenvalue weighted by molar-refractivity contribution is -0.125. The minimum atomic E-state index is 0.595. The molecule has 4 fully saturated rings. The molecule has 0 aromatic heterocycles. The van der Waals surface area contributed by atoms with Gasteiger partial charge in [0.15, 0.2) is 0 Å². The van der Waals surface area contributed by atoms with Gasteiger partial charge in [0.25, 0.3) is 0 Å². The van der Waals surface area contributed by atoms with Crippen molar-refractivity contribution < 1.29 is 4.74 Å². The van der Waals surface area contributed by atoms with Crippen LogP contribution in [0.25, 0.3) is 0 Å². The van der Waals surface area contributed by atoms with Crippen molar-refractivity contribution >= 4 is 0 Å². The topological polar surface area (TPSA) is 21.3 Å². The molecule has 19 heavy (non-hydrogen) atoms. The number of nitrogens with one attached hydrogen (secondary N) is 1. The summed E-state index contributed by atoms with van der Waals surface area (Å²) in [7, 11) is 0. The van der Waals surface area contributed by atoms with Gasteiger partial charge in [0, 0.05) is 13.1 Å². The van der Waals surface area contributed by atoms with E-state index in [4.69, 9.17) is 4.74 Å². The van der Waals surface area contributed by atoms with Crippen LogP contribution in [0.3, 0.4) is 0 Å². The summed E-state index contributed by atoms with van der Waals surface area (Å²) in [6.07, 6.45) is 10.2. The average Bonchev–Trinajstić information content (AvgIpc) is 2.35. The molecular formula is C17H29NO. The third-order valence-electron chi connectivity index (χ3n) is 5.38. The number of allylic oxidation sites excluding steroid dienone is 1. The first-order chi connectivity index (χ1) is 9.22. The summed E-state index contributed by atoms with van der Waals surface area (Å²) in [5, 5.41) is 3.44. The molecule has 4 rings (SSSR count). The Balaban J connectivity index is 1.38. The average molecular weight is 263 g/mol. The first-order valence-electron chi connectivity index (χ1n) is 8.18. The highest BCUT2D eigenvalue weighted by atomic mass is 16.5. The molecule has 4 bridgehead atoms. The van der Waals surface area contributed by atoms with Crippen molar-refractivity contribution in [3.05, 3.63) is 11.6 Å². The largest absolute Gasteiger partial charge is 0.376 e. The molecule has 0 radical (unpaired) electrons. The van der Waals surface area contributed by atoms with Crippen molar-refractivity contribution in [2.75, 3.05) is 19.7 Å². The van der Waals surface area contributed by atoms with Gasteiger partial charge in [-0.15, -0.1) is 0 Å². The Morgan fingerprint density at radius 1 is 1.05 bits per heavy atom. The molecule has 1 N–H and O–H groups in total. The van der Waals surface area contributed by atoms with Gasteiger partial charge in [-0.2, -0.15) is 0 Å². The van der Waals surface area contributed by atoms with E-state index in [1.54, 1.807) is 0 Å². The number of ether oxygens (including phenoxy) is 1. The van der Waals surface area contributed by atoms with E-state index in [-0.39, 0.29) is 0 Å². The third-order valence-corrected chi connectivity index (χ3v) is 5.38. The summed E-state index contributed by atoms with van der Waals surface area (Å²) in [6, 6.07) is 0. The van der Waals surface area contributed by atoms with E-state index in [1.165, 1.54) is 37.7 Å². The van der Waals surface area contributed by atoms with E-state index in [0.29, 0.717) is 6.10 Å². The minimum Gasteiger partial charge on any atom is -0.376 e. The molecule has 2 nitrogen and oxygen atoms in total. The molecule has 0 saturated heterocycles. The highest BCUT2D eigenvalue weighted by Crippen LogP contribution is 2.54. The quantitative estimate of drug-likeness (QED) is 0.586. The maximum Gasteiger partial charge on any atom is 0.0632 e. The van der Waals surface area contributed by atoms with Gasteiger partial charge in [0.2, 0.25) is 0 Å². The first-order valence-corrected chi connectivity index (χ1v) is 8.18. The minimum absolute atomic E-state index is 0.595. The molecule has 4 aliphatic rings. The Morgan fingerprint density at radius 3 is 2.26 bits per heavy atom. The summed E-state index contributed by atoms with van der Waals surface area (Å²) in [4.78, 5) is 0. The molecule has 0 unspecified atom stereocenters. The number of rotatable bonds is 6. The van der Waals surface area contributed by atoms with Crippen molar-refractivity contribution in [3.63, 3.8) is 0 Å². The van der Waals surface area contributed by atoms with Crippen LogP contribution >= 0.6 is 0 Å². The van der Waals surface area contributed by atoms with Crippen LogP contribution in [0, 0.1) is 23.7 Å².